The Morgan fingerprint density at radius 1 is 1.24 bits per heavy atom. The molecule has 2 aromatic rings. The van der Waals surface area contributed by atoms with Crippen molar-refractivity contribution in [1.82, 2.24) is 0 Å². The first-order chi connectivity index (χ1) is 10.1. The number of halogens is 1. The van der Waals surface area contributed by atoms with Gasteiger partial charge in [-0.2, -0.15) is 0 Å². The van der Waals surface area contributed by atoms with Crippen molar-refractivity contribution in [2.24, 2.45) is 0 Å². The van der Waals surface area contributed by atoms with Gasteiger partial charge in [0.2, 0.25) is 0 Å². The molecule has 110 valence electrons. The summed E-state index contributed by atoms with van der Waals surface area (Å²) < 4.78 is 19.0. The van der Waals surface area contributed by atoms with Crippen molar-refractivity contribution in [1.29, 1.82) is 0 Å². The van der Waals surface area contributed by atoms with E-state index >= 15 is 0 Å². The number of hydrogen-bond donors (Lipinski definition) is 1. The molecule has 2 aromatic carbocycles. The van der Waals surface area contributed by atoms with E-state index in [1.807, 2.05) is 0 Å². The van der Waals surface area contributed by atoms with Crippen LogP contribution in [0.2, 0.25) is 0 Å². The highest BCUT2D eigenvalue weighted by Crippen LogP contribution is 2.29. The molecule has 0 amide bonds. The predicted molar refractivity (Wildman–Crippen MR) is 83.5 cm³/mol. The van der Waals surface area contributed by atoms with Crippen molar-refractivity contribution in [2.45, 2.75) is 32.3 Å². The second kappa shape index (κ2) is 5.76. The monoisotopic (exact) mass is 285 g/mol. The van der Waals surface area contributed by atoms with E-state index in [-0.39, 0.29) is 11.9 Å². The Morgan fingerprint density at radius 3 is 2.90 bits per heavy atom. The molecule has 0 aromatic heterocycles. The number of ether oxygens (including phenoxy) is 1. The van der Waals surface area contributed by atoms with Crippen LogP contribution < -0.4 is 10.1 Å². The van der Waals surface area contributed by atoms with Gasteiger partial charge in [0.05, 0.1) is 6.54 Å². The summed E-state index contributed by atoms with van der Waals surface area (Å²) in [6.07, 6.45) is 0.814. The highest BCUT2D eigenvalue weighted by molar-refractivity contribution is 5.47. The van der Waals surface area contributed by atoms with Gasteiger partial charge in [-0.25, -0.2) is 4.39 Å². The van der Waals surface area contributed by atoms with Crippen molar-refractivity contribution >= 4 is 5.69 Å². The molecule has 1 unspecified atom stereocenters. The SMILES string of the molecule is CC(C)c1cccc(NCC2Cc3cc(F)ccc3O2)c1. The van der Waals surface area contributed by atoms with E-state index in [9.17, 15) is 4.39 Å². The zero-order valence-corrected chi connectivity index (χ0v) is 12.4. The van der Waals surface area contributed by atoms with E-state index in [2.05, 4.69) is 43.4 Å². The zero-order chi connectivity index (χ0) is 14.8. The normalized spacial score (nSPS) is 16.7. The number of nitrogens with one attached hydrogen (secondary N) is 1. The first-order valence-corrected chi connectivity index (χ1v) is 7.41. The van der Waals surface area contributed by atoms with Crippen LogP contribution in [-0.4, -0.2) is 12.6 Å². The highest BCUT2D eigenvalue weighted by atomic mass is 19.1. The fraction of sp³-hybridized carbons (Fsp3) is 0.333. The molecule has 0 radical (unpaired) electrons. The van der Waals surface area contributed by atoms with E-state index in [4.69, 9.17) is 4.74 Å². The van der Waals surface area contributed by atoms with E-state index in [0.29, 0.717) is 5.92 Å². The van der Waals surface area contributed by atoms with Crippen LogP contribution in [0.1, 0.15) is 30.9 Å². The maximum absolute atomic E-state index is 13.2. The summed E-state index contributed by atoms with van der Waals surface area (Å²) in [6.45, 7) is 5.09. The molecule has 21 heavy (non-hydrogen) atoms. The van der Waals surface area contributed by atoms with Crippen molar-refractivity contribution in [3.8, 4) is 5.75 Å². The number of hydrogen-bond acceptors (Lipinski definition) is 2. The molecule has 0 aliphatic carbocycles. The molecule has 0 saturated carbocycles. The third-order valence-electron chi connectivity index (χ3n) is 3.85. The quantitative estimate of drug-likeness (QED) is 0.901. The van der Waals surface area contributed by atoms with Gasteiger partial charge in [-0.1, -0.05) is 26.0 Å². The summed E-state index contributed by atoms with van der Waals surface area (Å²) in [6, 6.07) is 13.2. The summed E-state index contributed by atoms with van der Waals surface area (Å²) >= 11 is 0. The number of benzene rings is 2. The highest BCUT2D eigenvalue weighted by Gasteiger charge is 2.22. The molecule has 0 bridgehead atoms. The largest absolute Gasteiger partial charge is 0.488 e. The van der Waals surface area contributed by atoms with Crippen molar-refractivity contribution in [3.05, 3.63) is 59.4 Å². The lowest BCUT2D eigenvalue weighted by molar-refractivity contribution is 0.246. The maximum atomic E-state index is 13.2. The average Bonchev–Trinajstić information content (AvgIpc) is 2.87. The van der Waals surface area contributed by atoms with Gasteiger partial charge in [0, 0.05) is 17.7 Å². The van der Waals surface area contributed by atoms with Crippen LogP contribution in [0.15, 0.2) is 42.5 Å². The summed E-state index contributed by atoms with van der Waals surface area (Å²) in [4.78, 5) is 0. The number of anilines is 1. The van der Waals surface area contributed by atoms with Crippen LogP contribution in [0.4, 0.5) is 10.1 Å². The standard InChI is InChI=1S/C18H20FNO/c1-12(2)13-4-3-5-16(9-13)20-11-17-10-14-8-15(19)6-7-18(14)21-17/h3-9,12,17,20H,10-11H2,1-2H3. The summed E-state index contributed by atoms with van der Waals surface area (Å²) in [7, 11) is 0. The van der Waals surface area contributed by atoms with Crippen LogP contribution in [0.25, 0.3) is 0 Å². The van der Waals surface area contributed by atoms with Crippen LogP contribution in [0.5, 0.6) is 5.75 Å². The summed E-state index contributed by atoms with van der Waals surface area (Å²) in [5, 5.41) is 3.41. The Hall–Kier alpha value is -2.03. The van der Waals surface area contributed by atoms with Gasteiger partial charge >= 0.3 is 0 Å². The van der Waals surface area contributed by atoms with Gasteiger partial charge in [-0.15, -0.1) is 0 Å². The molecule has 1 atom stereocenters. The average molecular weight is 285 g/mol. The second-order valence-electron chi connectivity index (χ2n) is 5.86. The Labute approximate surface area is 125 Å². The molecule has 1 aliphatic rings. The lowest BCUT2D eigenvalue weighted by Gasteiger charge is -2.14. The van der Waals surface area contributed by atoms with Crippen LogP contribution in [-0.2, 0) is 6.42 Å². The smallest absolute Gasteiger partial charge is 0.123 e. The Balaban J connectivity index is 1.61. The topological polar surface area (TPSA) is 21.3 Å². The maximum Gasteiger partial charge on any atom is 0.123 e. The number of rotatable bonds is 4. The molecular weight excluding hydrogens is 265 g/mol. The van der Waals surface area contributed by atoms with Gasteiger partial charge in [-0.3, -0.25) is 0 Å². The van der Waals surface area contributed by atoms with Gasteiger partial charge < -0.3 is 10.1 Å². The molecule has 0 saturated heterocycles. The third kappa shape index (κ3) is 3.18. The van der Waals surface area contributed by atoms with E-state index in [1.54, 1.807) is 12.1 Å². The molecule has 2 nitrogen and oxygen atoms in total. The Kier molecular flexibility index (Phi) is 3.82. The first kappa shape index (κ1) is 13.9. The molecule has 1 heterocycles. The molecule has 1 N–H and O–H groups in total. The van der Waals surface area contributed by atoms with E-state index in [1.165, 1.54) is 11.6 Å². The molecule has 3 rings (SSSR count). The molecule has 0 spiro atoms. The minimum atomic E-state index is -0.199. The number of fused-ring (bicyclic) bond motifs is 1. The fourth-order valence-electron chi connectivity index (χ4n) is 2.64. The van der Waals surface area contributed by atoms with Gasteiger partial charge in [0.15, 0.2) is 0 Å². The molecular formula is C18H20FNO. The lowest BCUT2D eigenvalue weighted by atomic mass is 10.0. The van der Waals surface area contributed by atoms with E-state index < -0.39 is 0 Å². The van der Waals surface area contributed by atoms with E-state index in [0.717, 1.165) is 30.0 Å². The Bertz CT molecular complexity index is 639. The molecule has 3 heteroatoms. The van der Waals surface area contributed by atoms with Gasteiger partial charge in [0.25, 0.3) is 0 Å². The van der Waals surface area contributed by atoms with Gasteiger partial charge in [-0.05, 0) is 41.8 Å². The summed E-state index contributed by atoms with van der Waals surface area (Å²) in [5.41, 5.74) is 3.38. The first-order valence-electron chi connectivity index (χ1n) is 7.41. The van der Waals surface area contributed by atoms with Crippen LogP contribution in [0, 0.1) is 5.82 Å². The fourth-order valence-corrected chi connectivity index (χ4v) is 2.64. The van der Waals surface area contributed by atoms with Crippen molar-refractivity contribution < 1.29 is 9.13 Å². The molecule has 0 fully saturated rings. The summed E-state index contributed by atoms with van der Waals surface area (Å²) in [5.74, 6) is 1.12. The third-order valence-corrected chi connectivity index (χ3v) is 3.85. The second-order valence-corrected chi connectivity index (χ2v) is 5.86. The van der Waals surface area contributed by atoms with Crippen LogP contribution >= 0.6 is 0 Å². The predicted octanol–water partition coefficient (Wildman–Crippen LogP) is 4.36. The molecule has 1 aliphatic heterocycles. The lowest BCUT2D eigenvalue weighted by Crippen LogP contribution is -2.23. The van der Waals surface area contributed by atoms with Crippen molar-refractivity contribution in [2.75, 3.05) is 11.9 Å². The van der Waals surface area contributed by atoms with Crippen molar-refractivity contribution in [3.63, 3.8) is 0 Å². The minimum Gasteiger partial charge on any atom is -0.488 e. The zero-order valence-electron chi connectivity index (χ0n) is 12.4. The van der Waals surface area contributed by atoms with Gasteiger partial charge in [0.1, 0.15) is 17.7 Å². The van der Waals surface area contributed by atoms with Crippen LogP contribution in [0.3, 0.4) is 0 Å². The Morgan fingerprint density at radius 2 is 2.10 bits per heavy atom. The minimum absolute atomic E-state index is 0.0597.